The Balaban J connectivity index is 1.96. The molecule has 7 nitrogen and oxygen atoms in total. The van der Waals surface area contributed by atoms with Crippen molar-refractivity contribution >= 4 is 24.0 Å². The molecule has 1 N–H and O–H groups in total. The van der Waals surface area contributed by atoms with Crippen molar-refractivity contribution in [1.29, 1.82) is 0 Å². The highest BCUT2D eigenvalue weighted by atomic mass is 16.5. The molecule has 0 radical (unpaired) electrons. The van der Waals surface area contributed by atoms with E-state index in [1.54, 1.807) is 48.5 Å². The Labute approximate surface area is 199 Å². The summed E-state index contributed by atoms with van der Waals surface area (Å²) in [5, 5.41) is 9.40. The second-order valence-electron chi connectivity index (χ2n) is 7.95. The van der Waals surface area contributed by atoms with Gasteiger partial charge in [-0.1, -0.05) is 39.0 Å². The lowest BCUT2D eigenvalue weighted by Gasteiger charge is -2.11. The zero-order valence-electron chi connectivity index (χ0n) is 19.7. The summed E-state index contributed by atoms with van der Waals surface area (Å²) in [7, 11) is 0. The summed E-state index contributed by atoms with van der Waals surface area (Å²) in [6, 6.07) is 13.2. The minimum absolute atomic E-state index is 0.0438. The number of carboxylic acids is 1. The Morgan fingerprint density at radius 2 is 1.65 bits per heavy atom. The van der Waals surface area contributed by atoms with Crippen LogP contribution in [0.1, 0.15) is 49.5 Å². The molecule has 0 saturated heterocycles. The molecule has 2 rings (SSSR count). The van der Waals surface area contributed by atoms with Crippen LogP contribution in [0.3, 0.4) is 0 Å². The van der Waals surface area contributed by atoms with Gasteiger partial charge in [0, 0.05) is 17.6 Å². The lowest BCUT2D eigenvalue weighted by atomic mass is 10.1. The number of carboxylic acid groups (broad SMARTS) is 1. The van der Waals surface area contributed by atoms with E-state index >= 15 is 0 Å². The van der Waals surface area contributed by atoms with Gasteiger partial charge >= 0.3 is 17.9 Å². The van der Waals surface area contributed by atoms with E-state index in [4.69, 9.17) is 14.2 Å². The molecular weight excluding hydrogens is 436 g/mol. The van der Waals surface area contributed by atoms with Gasteiger partial charge in [0.25, 0.3) is 0 Å². The lowest BCUT2D eigenvalue weighted by Crippen LogP contribution is -2.10. The second kappa shape index (κ2) is 13.0. The van der Waals surface area contributed by atoms with Gasteiger partial charge in [-0.25, -0.2) is 14.4 Å². The first-order chi connectivity index (χ1) is 16.2. The fourth-order valence-electron chi connectivity index (χ4n) is 2.66. The summed E-state index contributed by atoms with van der Waals surface area (Å²) in [5.74, 6) is -0.721. The highest BCUT2D eigenvalue weighted by Gasteiger charge is 2.12. The van der Waals surface area contributed by atoms with E-state index in [-0.39, 0.29) is 24.2 Å². The molecule has 0 aromatic heterocycles. The molecule has 0 saturated carbocycles. The number of hydrogen-bond donors (Lipinski definition) is 1. The van der Waals surface area contributed by atoms with E-state index in [0.29, 0.717) is 35.2 Å². The fourth-order valence-corrected chi connectivity index (χ4v) is 2.66. The van der Waals surface area contributed by atoms with Crippen molar-refractivity contribution in [3.05, 3.63) is 77.4 Å². The number of carbonyl (C=O) groups is 3. The average Bonchev–Trinajstić information content (AvgIpc) is 2.82. The lowest BCUT2D eigenvalue weighted by molar-refractivity contribution is -0.139. The van der Waals surface area contributed by atoms with Gasteiger partial charge in [-0.05, 0) is 60.9 Å². The number of ether oxygens (including phenoxy) is 3. The van der Waals surface area contributed by atoms with Gasteiger partial charge in [0.2, 0.25) is 0 Å². The topological polar surface area (TPSA) is 99.1 Å². The molecule has 0 heterocycles. The highest BCUT2D eigenvalue weighted by molar-refractivity contribution is 5.93. The summed E-state index contributed by atoms with van der Waals surface area (Å²) in [4.78, 5) is 35.3. The van der Waals surface area contributed by atoms with Crippen molar-refractivity contribution in [3.8, 4) is 11.5 Å². The maximum absolute atomic E-state index is 12.4. The number of benzene rings is 2. The van der Waals surface area contributed by atoms with Crippen LogP contribution in [0.25, 0.3) is 6.08 Å². The first-order valence-electron chi connectivity index (χ1n) is 11.0. The maximum atomic E-state index is 12.4. The standard InChI is InChI=1S/C27H30O7/c1-5-19(4)17-33-23-12-8-21(9-13-23)27(31)34-24-10-6-20(7-11-24)16-22(25(28)29)14-15-32-26(30)18(2)3/h6-13,16,19H,2,5,14-15,17H2,1,3-4H3,(H,28,29)/t19-/m0/s1. The van der Waals surface area contributed by atoms with Gasteiger partial charge in [0.1, 0.15) is 11.5 Å². The van der Waals surface area contributed by atoms with Crippen LogP contribution >= 0.6 is 0 Å². The first kappa shape index (κ1) is 26.4. The molecule has 1 atom stereocenters. The smallest absolute Gasteiger partial charge is 0.343 e. The second-order valence-corrected chi connectivity index (χ2v) is 7.95. The minimum Gasteiger partial charge on any atom is -0.493 e. The van der Waals surface area contributed by atoms with E-state index in [1.807, 2.05) is 0 Å². The molecule has 2 aromatic carbocycles. The van der Waals surface area contributed by atoms with Crippen molar-refractivity contribution < 1.29 is 33.7 Å². The van der Waals surface area contributed by atoms with Crippen LogP contribution in [0.4, 0.5) is 0 Å². The predicted octanol–water partition coefficient (Wildman–Crippen LogP) is 5.31. The largest absolute Gasteiger partial charge is 0.493 e. The van der Waals surface area contributed by atoms with Crippen molar-refractivity contribution in [1.82, 2.24) is 0 Å². The predicted molar refractivity (Wildman–Crippen MR) is 129 cm³/mol. The zero-order chi connectivity index (χ0) is 25.1. The molecule has 0 aliphatic carbocycles. The maximum Gasteiger partial charge on any atom is 0.343 e. The van der Waals surface area contributed by atoms with Crippen LogP contribution in [-0.2, 0) is 14.3 Å². The molecule has 0 fully saturated rings. The number of rotatable bonds is 12. The van der Waals surface area contributed by atoms with Crippen molar-refractivity contribution in [2.24, 2.45) is 5.92 Å². The third-order valence-corrected chi connectivity index (χ3v) is 4.98. The van der Waals surface area contributed by atoms with Gasteiger partial charge < -0.3 is 19.3 Å². The highest BCUT2D eigenvalue weighted by Crippen LogP contribution is 2.19. The molecule has 0 bridgehead atoms. The van der Waals surface area contributed by atoms with Crippen LogP contribution < -0.4 is 9.47 Å². The molecule has 180 valence electrons. The van der Waals surface area contributed by atoms with Gasteiger partial charge in [0.15, 0.2) is 0 Å². The van der Waals surface area contributed by atoms with Crippen molar-refractivity contribution in [2.45, 2.75) is 33.6 Å². The Kier molecular flexibility index (Phi) is 10.1. The third kappa shape index (κ3) is 8.58. The monoisotopic (exact) mass is 466 g/mol. The third-order valence-electron chi connectivity index (χ3n) is 4.98. The average molecular weight is 467 g/mol. The van der Waals surface area contributed by atoms with Crippen LogP contribution in [0.2, 0.25) is 0 Å². The molecule has 0 unspecified atom stereocenters. The van der Waals surface area contributed by atoms with E-state index < -0.39 is 17.9 Å². The van der Waals surface area contributed by atoms with Crippen molar-refractivity contribution in [3.63, 3.8) is 0 Å². The Morgan fingerprint density at radius 3 is 2.21 bits per heavy atom. The number of carbonyl (C=O) groups excluding carboxylic acids is 2. The molecular formula is C27H30O7. The van der Waals surface area contributed by atoms with Gasteiger partial charge in [-0.15, -0.1) is 0 Å². The molecule has 0 amide bonds. The zero-order valence-corrected chi connectivity index (χ0v) is 19.7. The van der Waals surface area contributed by atoms with Crippen LogP contribution in [0.15, 0.2) is 66.3 Å². The summed E-state index contributed by atoms with van der Waals surface area (Å²) >= 11 is 0. The van der Waals surface area contributed by atoms with E-state index in [0.717, 1.165) is 6.42 Å². The summed E-state index contributed by atoms with van der Waals surface area (Å²) in [6.07, 6.45) is 2.55. The van der Waals surface area contributed by atoms with Crippen LogP contribution in [0.5, 0.6) is 11.5 Å². The van der Waals surface area contributed by atoms with E-state index in [1.165, 1.54) is 13.0 Å². The van der Waals surface area contributed by atoms with Crippen molar-refractivity contribution in [2.75, 3.05) is 13.2 Å². The van der Waals surface area contributed by atoms with Gasteiger partial charge in [-0.3, -0.25) is 0 Å². The molecule has 0 aliphatic heterocycles. The summed E-state index contributed by atoms with van der Waals surface area (Å²) in [5.41, 5.74) is 1.32. The summed E-state index contributed by atoms with van der Waals surface area (Å²) in [6.45, 7) is 9.75. The van der Waals surface area contributed by atoms with Gasteiger partial charge in [0.05, 0.1) is 18.8 Å². The minimum atomic E-state index is -1.11. The Bertz CT molecular complexity index is 1030. The normalized spacial score (nSPS) is 11.9. The summed E-state index contributed by atoms with van der Waals surface area (Å²) < 4.78 is 16.0. The van der Waals surface area contributed by atoms with E-state index in [2.05, 4.69) is 20.4 Å². The number of aliphatic carboxylic acids is 1. The molecule has 7 heteroatoms. The quantitative estimate of drug-likeness (QED) is 0.257. The molecule has 0 spiro atoms. The molecule has 0 aliphatic rings. The molecule has 34 heavy (non-hydrogen) atoms. The van der Waals surface area contributed by atoms with E-state index in [9.17, 15) is 19.5 Å². The van der Waals surface area contributed by atoms with Gasteiger partial charge in [-0.2, -0.15) is 0 Å². The van der Waals surface area contributed by atoms with Crippen LogP contribution in [0, 0.1) is 5.92 Å². The SMILES string of the molecule is C=C(C)C(=O)OCCC(=Cc1ccc(OC(=O)c2ccc(OC[C@@H](C)CC)cc2)cc1)C(=O)O. The number of hydrogen-bond acceptors (Lipinski definition) is 6. The Hall–Kier alpha value is -3.87. The Morgan fingerprint density at radius 1 is 1.03 bits per heavy atom. The van der Waals surface area contributed by atoms with Crippen LogP contribution in [-0.4, -0.2) is 36.2 Å². The molecule has 2 aromatic rings. The first-order valence-corrected chi connectivity index (χ1v) is 11.0. The number of esters is 2. The fraction of sp³-hybridized carbons (Fsp3) is 0.296.